The van der Waals surface area contributed by atoms with Crippen LogP contribution >= 0.6 is 0 Å². The highest BCUT2D eigenvalue weighted by Gasteiger charge is 2.30. The first-order chi connectivity index (χ1) is 18.5. The van der Waals surface area contributed by atoms with Gasteiger partial charge in [-0.15, -0.1) is 0 Å². The molecule has 0 heterocycles. The van der Waals surface area contributed by atoms with Crippen LogP contribution in [0.1, 0.15) is 50.3 Å². The number of amides is 2. The van der Waals surface area contributed by atoms with Crippen LogP contribution in [-0.4, -0.2) is 42.5 Å². The van der Waals surface area contributed by atoms with Crippen molar-refractivity contribution in [3.8, 4) is 11.5 Å². The molecule has 1 N–H and O–H groups in total. The Balaban J connectivity index is 1.86. The number of hydrogen-bond donors (Lipinski definition) is 1. The van der Waals surface area contributed by atoms with Gasteiger partial charge in [-0.3, -0.25) is 9.59 Å². The molecular weight excluding hydrogens is 476 g/mol. The molecule has 1 atom stereocenters. The summed E-state index contributed by atoms with van der Waals surface area (Å²) < 4.78 is 11.4. The summed E-state index contributed by atoms with van der Waals surface area (Å²) in [5.41, 5.74) is 2.99. The van der Waals surface area contributed by atoms with Gasteiger partial charge in [-0.05, 0) is 55.5 Å². The summed E-state index contributed by atoms with van der Waals surface area (Å²) in [6.07, 6.45) is 2.09. The summed E-state index contributed by atoms with van der Waals surface area (Å²) in [4.78, 5) is 28.9. The predicted octanol–water partition coefficient (Wildman–Crippen LogP) is 5.58. The smallest absolute Gasteiger partial charge is 0.243 e. The van der Waals surface area contributed by atoms with E-state index in [0.717, 1.165) is 23.1 Å². The highest BCUT2D eigenvalue weighted by atomic mass is 16.5. The maximum atomic E-state index is 13.8. The maximum Gasteiger partial charge on any atom is 0.243 e. The Morgan fingerprint density at radius 2 is 1.42 bits per heavy atom. The molecular formula is C32H40N2O4. The Morgan fingerprint density at radius 3 is 2.05 bits per heavy atom. The fourth-order valence-corrected chi connectivity index (χ4v) is 4.35. The van der Waals surface area contributed by atoms with Crippen LogP contribution in [0.2, 0.25) is 0 Å². The molecule has 0 aliphatic carbocycles. The lowest BCUT2D eigenvalue weighted by atomic mass is 10.0. The second-order valence-electron chi connectivity index (χ2n) is 9.15. The topological polar surface area (TPSA) is 67.9 Å². The van der Waals surface area contributed by atoms with E-state index in [1.54, 1.807) is 4.90 Å². The van der Waals surface area contributed by atoms with E-state index in [1.165, 1.54) is 0 Å². The molecule has 0 saturated carbocycles. The van der Waals surface area contributed by atoms with Gasteiger partial charge in [-0.25, -0.2) is 0 Å². The average molecular weight is 517 g/mol. The second kappa shape index (κ2) is 15.5. The number of nitrogens with zero attached hydrogens (tertiary/aromatic N) is 1. The van der Waals surface area contributed by atoms with Crippen LogP contribution in [0.15, 0.2) is 78.9 Å². The van der Waals surface area contributed by atoms with Gasteiger partial charge in [0.1, 0.15) is 6.04 Å². The van der Waals surface area contributed by atoms with Crippen LogP contribution in [-0.2, 0) is 29.0 Å². The van der Waals surface area contributed by atoms with Gasteiger partial charge in [0, 0.05) is 25.9 Å². The third kappa shape index (κ3) is 8.65. The van der Waals surface area contributed by atoms with Crippen molar-refractivity contribution < 1.29 is 19.1 Å². The summed E-state index contributed by atoms with van der Waals surface area (Å²) in [5, 5.41) is 3.02. The lowest BCUT2D eigenvalue weighted by Gasteiger charge is -2.31. The number of carbonyl (C=O) groups excluding carboxylic acids is 2. The quantitative estimate of drug-likeness (QED) is 0.286. The van der Waals surface area contributed by atoms with Gasteiger partial charge < -0.3 is 19.7 Å². The molecule has 3 aromatic rings. The Bertz CT molecular complexity index is 1130. The first-order valence-electron chi connectivity index (χ1n) is 13.6. The Labute approximate surface area is 227 Å². The SMILES string of the molecule is CCCNC(=O)C(Cc1ccccc1)N(Cc1ccccc1)C(=O)CCc1ccc(OCC)c(OCC)c1. The second-order valence-corrected chi connectivity index (χ2v) is 9.15. The third-order valence-corrected chi connectivity index (χ3v) is 6.25. The molecule has 0 spiro atoms. The fourth-order valence-electron chi connectivity index (χ4n) is 4.35. The zero-order valence-corrected chi connectivity index (χ0v) is 22.8. The zero-order valence-electron chi connectivity index (χ0n) is 22.8. The largest absolute Gasteiger partial charge is 0.490 e. The molecule has 6 heteroatoms. The molecule has 0 bridgehead atoms. The average Bonchev–Trinajstić information content (AvgIpc) is 2.95. The van der Waals surface area contributed by atoms with Crippen LogP contribution in [0.4, 0.5) is 0 Å². The van der Waals surface area contributed by atoms with Crippen LogP contribution < -0.4 is 14.8 Å². The Hall–Kier alpha value is -3.80. The van der Waals surface area contributed by atoms with Gasteiger partial charge in [-0.2, -0.15) is 0 Å². The van der Waals surface area contributed by atoms with Crippen LogP contribution in [0.3, 0.4) is 0 Å². The molecule has 38 heavy (non-hydrogen) atoms. The number of benzene rings is 3. The van der Waals surface area contributed by atoms with Gasteiger partial charge in [-0.1, -0.05) is 73.7 Å². The Kier molecular flexibility index (Phi) is 11.7. The zero-order chi connectivity index (χ0) is 27.2. The third-order valence-electron chi connectivity index (χ3n) is 6.25. The molecule has 3 aromatic carbocycles. The minimum Gasteiger partial charge on any atom is -0.490 e. The molecule has 202 valence electrons. The minimum atomic E-state index is -0.615. The van der Waals surface area contributed by atoms with Crippen molar-refractivity contribution in [2.45, 2.75) is 59.0 Å². The summed E-state index contributed by atoms with van der Waals surface area (Å²) in [5.74, 6) is 1.19. The van der Waals surface area contributed by atoms with Gasteiger partial charge in [0.2, 0.25) is 11.8 Å². The summed E-state index contributed by atoms with van der Waals surface area (Å²) in [7, 11) is 0. The molecule has 0 aromatic heterocycles. The van der Waals surface area contributed by atoms with E-state index in [1.807, 2.05) is 99.6 Å². The molecule has 0 aliphatic rings. The van der Waals surface area contributed by atoms with E-state index in [9.17, 15) is 9.59 Å². The standard InChI is InChI=1S/C32H40N2O4/c1-4-21-33-32(36)28(22-25-13-9-7-10-14-25)34(24-27-15-11-8-12-16-27)31(35)20-18-26-17-19-29(37-5-2)30(23-26)38-6-3/h7-17,19,23,28H,4-6,18,20-22,24H2,1-3H3,(H,33,36). The van der Waals surface area contributed by atoms with Crippen molar-refractivity contribution in [2.24, 2.45) is 0 Å². The summed E-state index contributed by atoms with van der Waals surface area (Å²) >= 11 is 0. The van der Waals surface area contributed by atoms with Crippen molar-refractivity contribution >= 4 is 11.8 Å². The van der Waals surface area contributed by atoms with E-state index in [0.29, 0.717) is 50.6 Å². The van der Waals surface area contributed by atoms with Crippen molar-refractivity contribution in [3.05, 3.63) is 95.6 Å². The van der Waals surface area contributed by atoms with Crippen LogP contribution in [0.5, 0.6) is 11.5 Å². The number of nitrogens with one attached hydrogen (secondary N) is 1. The van der Waals surface area contributed by atoms with Gasteiger partial charge in [0.05, 0.1) is 13.2 Å². The predicted molar refractivity (Wildman–Crippen MR) is 151 cm³/mol. The number of ether oxygens (including phenoxy) is 2. The fraction of sp³-hybridized carbons (Fsp3) is 0.375. The van der Waals surface area contributed by atoms with Crippen molar-refractivity contribution in [1.29, 1.82) is 0 Å². The number of rotatable bonds is 15. The lowest BCUT2D eigenvalue weighted by Crippen LogP contribution is -2.50. The van der Waals surface area contributed by atoms with E-state index in [-0.39, 0.29) is 18.2 Å². The molecule has 6 nitrogen and oxygen atoms in total. The lowest BCUT2D eigenvalue weighted by molar-refractivity contribution is -0.141. The molecule has 0 saturated heterocycles. The van der Waals surface area contributed by atoms with Gasteiger partial charge >= 0.3 is 0 Å². The monoisotopic (exact) mass is 516 g/mol. The summed E-state index contributed by atoms with van der Waals surface area (Å²) in [6.45, 7) is 7.91. The van der Waals surface area contributed by atoms with Crippen molar-refractivity contribution in [3.63, 3.8) is 0 Å². The van der Waals surface area contributed by atoms with Crippen molar-refractivity contribution in [2.75, 3.05) is 19.8 Å². The normalized spacial score (nSPS) is 11.4. The first-order valence-corrected chi connectivity index (χ1v) is 13.6. The number of hydrogen-bond acceptors (Lipinski definition) is 4. The number of aryl methyl sites for hydroxylation is 1. The van der Waals surface area contributed by atoms with Gasteiger partial charge in [0.15, 0.2) is 11.5 Å². The number of carbonyl (C=O) groups is 2. The Morgan fingerprint density at radius 1 is 0.789 bits per heavy atom. The molecule has 0 fully saturated rings. The highest BCUT2D eigenvalue weighted by Crippen LogP contribution is 2.29. The molecule has 3 rings (SSSR count). The van der Waals surface area contributed by atoms with Crippen molar-refractivity contribution in [1.82, 2.24) is 10.2 Å². The van der Waals surface area contributed by atoms with Crippen LogP contribution in [0, 0.1) is 0 Å². The van der Waals surface area contributed by atoms with Gasteiger partial charge in [0.25, 0.3) is 0 Å². The summed E-state index contributed by atoms with van der Waals surface area (Å²) in [6, 6.07) is 24.9. The molecule has 1 unspecified atom stereocenters. The molecule has 0 aliphatic heterocycles. The first kappa shape index (κ1) is 28.8. The highest BCUT2D eigenvalue weighted by molar-refractivity contribution is 5.88. The van der Waals surface area contributed by atoms with E-state index >= 15 is 0 Å². The van der Waals surface area contributed by atoms with Crippen LogP contribution in [0.25, 0.3) is 0 Å². The minimum absolute atomic E-state index is 0.0618. The maximum absolute atomic E-state index is 13.8. The van der Waals surface area contributed by atoms with E-state index in [2.05, 4.69) is 5.32 Å². The molecule has 2 amide bonds. The van der Waals surface area contributed by atoms with E-state index < -0.39 is 6.04 Å². The van der Waals surface area contributed by atoms with E-state index in [4.69, 9.17) is 9.47 Å². The molecule has 0 radical (unpaired) electrons.